The molecule has 1 amide bonds. The third-order valence-electron chi connectivity index (χ3n) is 5.85. The molecule has 8 nitrogen and oxygen atoms in total. The van der Waals surface area contributed by atoms with E-state index in [-0.39, 0.29) is 23.8 Å². The molecule has 0 aliphatic carbocycles. The summed E-state index contributed by atoms with van der Waals surface area (Å²) in [5.41, 5.74) is 0.298. The summed E-state index contributed by atoms with van der Waals surface area (Å²) in [6.45, 7) is 6.25. The number of fused-ring (bicyclic) bond motifs is 1. The summed E-state index contributed by atoms with van der Waals surface area (Å²) in [7, 11) is 0. The van der Waals surface area contributed by atoms with Gasteiger partial charge in [0.05, 0.1) is 25.3 Å². The van der Waals surface area contributed by atoms with Crippen LogP contribution in [0.5, 0.6) is 0 Å². The Hall–Kier alpha value is -2.78. The molecule has 4 heterocycles. The molecule has 2 aliphatic rings. The van der Waals surface area contributed by atoms with Gasteiger partial charge >= 0.3 is 5.97 Å². The van der Waals surface area contributed by atoms with Crippen LogP contribution < -0.4 is 0 Å². The molecule has 2 unspecified atom stereocenters. The lowest BCUT2D eigenvalue weighted by atomic mass is 10.1. The lowest BCUT2D eigenvalue weighted by molar-refractivity contribution is -0.149. The van der Waals surface area contributed by atoms with Crippen LogP contribution in [0.3, 0.4) is 0 Å². The molecule has 2 fully saturated rings. The summed E-state index contributed by atoms with van der Waals surface area (Å²) in [5, 5.41) is 0. The average Bonchev–Trinajstić information content (AvgIpc) is 3.19. The quantitative estimate of drug-likeness (QED) is 0.527. The van der Waals surface area contributed by atoms with Crippen LogP contribution in [0, 0.1) is 11.9 Å². The van der Waals surface area contributed by atoms with Crippen molar-refractivity contribution < 1.29 is 23.1 Å². The molecule has 4 rings (SSSR count). The molecule has 2 aromatic heterocycles. The molecule has 166 valence electrons. The number of aromatic nitrogens is 1. The van der Waals surface area contributed by atoms with Crippen LogP contribution in [-0.4, -0.2) is 83.5 Å². The Morgan fingerprint density at radius 2 is 2.10 bits per heavy atom. The summed E-state index contributed by atoms with van der Waals surface area (Å²) in [4.78, 5) is 35.2. The first-order valence-corrected chi connectivity index (χ1v) is 10.6. The van der Waals surface area contributed by atoms with E-state index in [4.69, 9.17) is 9.15 Å². The van der Waals surface area contributed by atoms with E-state index >= 15 is 0 Å². The van der Waals surface area contributed by atoms with E-state index in [2.05, 4.69) is 14.8 Å². The van der Waals surface area contributed by atoms with Gasteiger partial charge in [-0.1, -0.05) is 0 Å². The number of rotatable bonds is 5. The predicted molar refractivity (Wildman–Crippen MR) is 110 cm³/mol. The molecule has 0 N–H and O–H groups in total. The van der Waals surface area contributed by atoms with Crippen molar-refractivity contribution in [3.05, 3.63) is 54.0 Å². The monoisotopic (exact) mass is 430 g/mol. The first-order chi connectivity index (χ1) is 15.0. The molecule has 2 aromatic rings. The Morgan fingerprint density at radius 3 is 2.84 bits per heavy atom. The molecule has 0 radical (unpaired) electrons. The van der Waals surface area contributed by atoms with E-state index in [1.807, 2.05) is 19.1 Å². The van der Waals surface area contributed by atoms with Crippen LogP contribution in [0.15, 0.2) is 41.1 Å². The number of pyridine rings is 1. The third-order valence-corrected chi connectivity index (χ3v) is 5.85. The molecular formula is C22H27FN4O4. The van der Waals surface area contributed by atoms with E-state index in [1.54, 1.807) is 11.2 Å². The van der Waals surface area contributed by atoms with E-state index in [9.17, 15) is 14.0 Å². The van der Waals surface area contributed by atoms with E-state index in [0.717, 1.165) is 5.76 Å². The zero-order chi connectivity index (χ0) is 21.8. The SMILES string of the molecule is CCOC(=O)C1CN(Cc2ccco2)CC2CN(C(=O)c3ccnc(F)c3)CCN2C1. The highest BCUT2D eigenvalue weighted by molar-refractivity contribution is 5.94. The number of furan rings is 1. The van der Waals surface area contributed by atoms with Crippen LogP contribution in [0.25, 0.3) is 0 Å². The molecule has 9 heteroatoms. The number of hydrogen-bond donors (Lipinski definition) is 0. The minimum atomic E-state index is -0.666. The number of halogens is 1. The van der Waals surface area contributed by atoms with E-state index in [0.29, 0.717) is 58.0 Å². The highest BCUT2D eigenvalue weighted by atomic mass is 19.1. The molecule has 2 saturated heterocycles. The fourth-order valence-electron chi connectivity index (χ4n) is 4.40. The number of hydrogen-bond acceptors (Lipinski definition) is 7. The predicted octanol–water partition coefficient (Wildman–Crippen LogP) is 1.64. The van der Waals surface area contributed by atoms with Gasteiger partial charge in [-0.05, 0) is 25.1 Å². The lowest BCUT2D eigenvalue weighted by Crippen LogP contribution is -2.57. The van der Waals surface area contributed by atoms with Crippen LogP contribution >= 0.6 is 0 Å². The number of nitrogens with zero attached hydrogens (tertiary/aromatic N) is 4. The van der Waals surface area contributed by atoms with Gasteiger partial charge in [-0.3, -0.25) is 19.4 Å². The first kappa shape index (κ1) is 21.5. The van der Waals surface area contributed by atoms with Gasteiger partial charge in [0, 0.05) is 63.1 Å². The van der Waals surface area contributed by atoms with Gasteiger partial charge in [-0.25, -0.2) is 4.98 Å². The van der Waals surface area contributed by atoms with Crippen molar-refractivity contribution in [1.29, 1.82) is 0 Å². The van der Waals surface area contributed by atoms with Crippen LogP contribution in [0.2, 0.25) is 0 Å². The van der Waals surface area contributed by atoms with E-state index in [1.165, 1.54) is 18.3 Å². The maximum atomic E-state index is 13.5. The summed E-state index contributed by atoms with van der Waals surface area (Å²) in [6, 6.07) is 6.51. The Kier molecular flexibility index (Phi) is 6.62. The zero-order valence-corrected chi connectivity index (χ0v) is 17.6. The van der Waals surface area contributed by atoms with Crippen molar-refractivity contribution in [2.24, 2.45) is 5.92 Å². The fourth-order valence-corrected chi connectivity index (χ4v) is 4.40. The number of amides is 1. The smallest absolute Gasteiger partial charge is 0.311 e. The minimum Gasteiger partial charge on any atom is -0.468 e. The highest BCUT2D eigenvalue weighted by Gasteiger charge is 2.38. The second-order valence-corrected chi connectivity index (χ2v) is 7.99. The van der Waals surface area contributed by atoms with Crippen LogP contribution in [0.4, 0.5) is 4.39 Å². The van der Waals surface area contributed by atoms with Gasteiger partial charge in [-0.2, -0.15) is 4.39 Å². The van der Waals surface area contributed by atoms with E-state index < -0.39 is 5.95 Å². The van der Waals surface area contributed by atoms with Gasteiger partial charge in [-0.15, -0.1) is 0 Å². The summed E-state index contributed by atoms with van der Waals surface area (Å²) >= 11 is 0. The molecule has 0 bridgehead atoms. The summed E-state index contributed by atoms with van der Waals surface area (Å²) in [5.74, 6) is -0.507. The van der Waals surface area contributed by atoms with Crippen molar-refractivity contribution in [3.8, 4) is 0 Å². The molecule has 0 aromatic carbocycles. The Balaban J connectivity index is 1.50. The van der Waals surface area contributed by atoms with Crippen molar-refractivity contribution in [3.63, 3.8) is 0 Å². The van der Waals surface area contributed by atoms with Gasteiger partial charge in [0.25, 0.3) is 5.91 Å². The maximum absolute atomic E-state index is 13.5. The number of carbonyl (C=O) groups excluding carboxylic acids is 2. The number of piperazine rings is 1. The van der Waals surface area contributed by atoms with Crippen molar-refractivity contribution in [1.82, 2.24) is 19.7 Å². The van der Waals surface area contributed by atoms with Crippen molar-refractivity contribution in [2.45, 2.75) is 19.5 Å². The summed E-state index contributed by atoms with van der Waals surface area (Å²) < 4.78 is 24.3. The zero-order valence-electron chi connectivity index (χ0n) is 17.6. The molecular weight excluding hydrogens is 403 g/mol. The number of esters is 1. The van der Waals surface area contributed by atoms with Crippen molar-refractivity contribution >= 4 is 11.9 Å². The summed E-state index contributed by atoms with van der Waals surface area (Å²) in [6.07, 6.45) is 2.94. The van der Waals surface area contributed by atoms with Gasteiger partial charge < -0.3 is 14.1 Å². The second-order valence-electron chi connectivity index (χ2n) is 7.99. The largest absolute Gasteiger partial charge is 0.468 e. The second kappa shape index (κ2) is 9.57. The Labute approximate surface area is 180 Å². The van der Waals surface area contributed by atoms with Gasteiger partial charge in [0.1, 0.15) is 5.76 Å². The molecule has 2 aliphatic heterocycles. The Bertz CT molecular complexity index is 907. The third kappa shape index (κ3) is 5.11. The minimum absolute atomic E-state index is 0.0544. The number of carbonyl (C=O) groups is 2. The Morgan fingerprint density at radius 1 is 1.23 bits per heavy atom. The van der Waals surface area contributed by atoms with Crippen LogP contribution in [0.1, 0.15) is 23.0 Å². The number of ether oxygens (including phenoxy) is 1. The standard InChI is InChI=1S/C22H27FN4O4/c1-2-30-22(29)17-11-25(15-19-4-3-9-31-19)13-18-14-27(8-7-26(18)12-17)21(28)16-5-6-24-20(23)10-16/h3-6,9-10,17-18H,2,7-8,11-15H2,1H3. The van der Waals surface area contributed by atoms with Gasteiger partial charge in [0.2, 0.25) is 5.95 Å². The van der Waals surface area contributed by atoms with Crippen LogP contribution in [-0.2, 0) is 16.1 Å². The van der Waals surface area contributed by atoms with Crippen molar-refractivity contribution in [2.75, 3.05) is 45.9 Å². The first-order valence-electron chi connectivity index (χ1n) is 10.6. The molecule has 2 atom stereocenters. The molecule has 31 heavy (non-hydrogen) atoms. The molecule has 0 saturated carbocycles. The molecule has 0 spiro atoms. The average molecular weight is 430 g/mol. The maximum Gasteiger partial charge on any atom is 0.311 e. The highest BCUT2D eigenvalue weighted by Crippen LogP contribution is 2.22. The topological polar surface area (TPSA) is 79.1 Å². The fraction of sp³-hybridized carbons (Fsp3) is 0.500. The lowest BCUT2D eigenvalue weighted by Gasteiger charge is -2.41. The normalized spacial score (nSPS) is 22.6. The van der Waals surface area contributed by atoms with Gasteiger partial charge in [0.15, 0.2) is 0 Å².